The minimum Gasteiger partial charge on any atom is -0.492 e. The summed E-state index contributed by atoms with van der Waals surface area (Å²) < 4.78 is 5.59. The molecule has 1 amide bonds. The van der Waals surface area contributed by atoms with Crippen molar-refractivity contribution < 1.29 is 9.53 Å². The molecule has 0 heterocycles. The summed E-state index contributed by atoms with van der Waals surface area (Å²) in [6.45, 7) is 2.48. The van der Waals surface area contributed by atoms with Crippen LogP contribution in [0.25, 0.3) is 0 Å². The number of ether oxygens (including phenoxy) is 1. The van der Waals surface area contributed by atoms with Gasteiger partial charge in [0.25, 0.3) is 5.91 Å². The molecule has 3 rings (SSSR count). The van der Waals surface area contributed by atoms with Crippen molar-refractivity contribution in [1.29, 1.82) is 0 Å². The molecule has 0 unspecified atom stereocenters. The maximum Gasteiger partial charge on any atom is 0.256 e. The molecule has 3 aromatic rings. The summed E-state index contributed by atoms with van der Waals surface area (Å²) >= 11 is 1.66. The monoisotopic (exact) mass is 363 g/mol. The van der Waals surface area contributed by atoms with Crippen molar-refractivity contribution in [1.82, 2.24) is 0 Å². The van der Waals surface area contributed by atoms with Gasteiger partial charge in [-0.1, -0.05) is 54.6 Å². The van der Waals surface area contributed by atoms with E-state index in [4.69, 9.17) is 4.74 Å². The van der Waals surface area contributed by atoms with Gasteiger partial charge in [-0.15, -0.1) is 11.8 Å². The quantitative estimate of drug-likeness (QED) is 0.553. The standard InChI is InChI=1S/C22H21NO2S/c1-2-25-20-14-8-7-13-19(20)23-22(24)18-12-6-9-15-21(18)26-16-17-10-4-3-5-11-17/h3-15H,2,16H2,1H3,(H,23,24). The van der Waals surface area contributed by atoms with Gasteiger partial charge in [0.1, 0.15) is 5.75 Å². The summed E-state index contributed by atoms with van der Waals surface area (Å²) in [7, 11) is 0. The zero-order valence-electron chi connectivity index (χ0n) is 14.6. The molecule has 0 aliphatic carbocycles. The first-order valence-corrected chi connectivity index (χ1v) is 9.55. The minimum absolute atomic E-state index is 0.131. The van der Waals surface area contributed by atoms with Crippen LogP contribution in [0.2, 0.25) is 0 Å². The lowest BCUT2D eigenvalue weighted by Crippen LogP contribution is -2.14. The second-order valence-electron chi connectivity index (χ2n) is 5.65. The summed E-state index contributed by atoms with van der Waals surface area (Å²) in [5.74, 6) is 1.37. The summed E-state index contributed by atoms with van der Waals surface area (Å²) in [6, 6.07) is 25.4. The number of rotatable bonds is 7. The lowest BCUT2D eigenvalue weighted by atomic mass is 10.2. The molecule has 0 fully saturated rings. The van der Waals surface area contributed by atoms with E-state index < -0.39 is 0 Å². The third-order valence-corrected chi connectivity index (χ3v) is 4.95. The molecule has 0 aliphatic heterocycles. The first kappa shape index (κ1) is 18.1. The molecular weight excluding hydrogens is 342 g/mol. The Morgan fingerprint density at radius 3 is 2.42 bits per heavy atom. The highest BCUT2D eigenvalue weighted by molar-refractivity contribution is 7.98. The van der Waals surface area contributed by atoms with Gasteiger partial charge in [0.2, 0.25) is 0 Å². The van der Waals surface area contributed by atoms with E-state index >= 15 is 0 Å². The first-order chi connectivity index (χ1) is 12.8. The smallest absolute Gasteiger partial charge is 0.256 e. The van der Waals surface area contributed by atoms with Gasteiger partial charge in [0.15, 0.2) is 0 Å². The fraction of sp³-hybridized carbons (Fsp3) is 0.136. The highest BCUT2D eigenvalue weighted by Crippen LogP contribution is 2.29. The van der Waals surface area contributed by atoms with Crippen molar-refractivity contribution in [2.24, 2.45) is 0 Å². The van der Waals surface area contributed by atoms with E-state index in [1.807, 2.05) is 73.7 Å². The summed E-state index contributed by atoms with van der Waals surface area (Å²) in [5, 5.41) is 2.97. The van der Waals surface area contributed by atoms with E-state index in [0.29, 0.717) is 23.6 Å². The average Bonchev–Trinajstić information content (AvgIpc) is 2.69. The van der Waals surface area contributed by atoms with E-state index in [1.54, 1.807) is 11.8 Å². The van der Waals surface area contributed by atoms with E-state index in [2.05, 4.69) is 17.4 Å². The van der Waals surface area contributed by atoms with Gasteiger partial charge in [0, 0.05) is 10.6 Å². The fourth-order valence-corrected chi connectivity index (χ4v) is 3.56. The number of thioether (sulfide) groups is 1. The molecule has 3 aromatic carbocycles. The van der Waals surface area contributed by atoms with E-state index in [9.17, 15) is 4.79 Å². The maximum absolute atomic E-state index is 12.8. The Hall–Kier alpha value is -2.72. The number of carbonyl (C=O) groups excluding carboxylic acids is 1. The summed E-state index contributed by atoms with van der Waals surface area (Å²) in [5.41, 5.74) is 2.58. The highest BCUT2D eigenvalue weighted by Gasteiger charge is 2.13. The van der Waals surface area contributed by atoms with Crippen molar-refractivity contribution in [2.75, 3.05) is 11.9 Å². The van der Waals surface area contributed by atoms with Crippen LogP contribution in [0.5, 0.6) is 5.75 Å². The van der Waals surface area contributed by atoms with Crippen LogP contribution in [-0.4, -0.2) is 12.5 Å². The van der Waals surface area contributed by atoms with Crippen LogP contribution in [0.1, 0.15) is 22.8 Å². The molecule has 3 nitrogen and oxygen atoms in total. The van der Waals surface area contributed by atoms with Crippen LogP contribution in [0, 0.1) is 0 Å². The molecule has 1 N–H and O–H groups in total. The Balaban J connectivity index is 1.76. The summed E-state index contributed by atoms with van der Waals surface area (Å²) in [6.07, 6.45) is 0. The van der Waals surface area contributed by atoms with Gasteiger partial charge >= 0.3 is 0 Å². The Bertz CT molecular complexity index is 865. The molecule has 0 atom stereocenters. The first-order valence-electron chi connectivity index (χ1n) is 8.57. The molecule has 4 heteroatoms. The molecule has 0 radical (unpaired) electrons. The van der Waals surface area contributed by atoms with Crippen LogP contribution in [0.3, 0.4) is 0 Å². The van der Waals surface area contributed by atoms with Gasteiger partial charge in [-0.2, -0.15) is 0 Å². The molecule has 0 spiro atoms. The zero-order chi connectivity index (χ0) is 18.2. The Morgan fingerprint density at radius 1 is 0.923 bits per heavy atom. The van der Waals surface area contributed by atoms with Crippen LogP contribution < -0.4 is 10.1 Å². The molecule has 0 aromatic heterocycles. The van der Waals surface area contributed by atoms with Crippen molar-refractivity contribution in [3.05, 3.63) is 90.0 Å². The topological polar surface area (TPSA) is 38.3 Å². The van der Waals surface area contributed by atoms with Gasteiger partial charge in [-0.3, -0.25) is 4.79 Å². The van der Waals surface area contributed by atoms with E-state index in [1.165, 1.54) is 5.56 Å². The SMILES string of the molecule is CCOc1ccccc1NC(=O)c1ccccc1SCc1ccccc1. The molecular formula is C22H21NO2S. The van der Waals surface area contributed by atoms with Crippen LogP contribution in [0.15, 0.2) is 83.8 Å². The Morgan fingerprint density at radius 2 is 1.62 bits per heavy atom. The Kier molecular flexibility index (Phi) is 6.34. The third kappa shape index (κ3) is 4.67. The highest BCUT2D eigenvalue weighted by atomic mass is 32.2. The number of benzene rings is 3. The number of hydrogen-bond acceptors (Lipinski definition) is 3. The number of para-hydroxylation sites is 2. The lowest BCUT2D eigenvalue weighted by molar-refractivity contribution is 0.102. The third-order valence-electron chi connectivity index (χ3n) is 3.80. The normalized spacial score (nSPS) is 10.3. The Labute approximate surface area is 158 Å². The molecule has 0 aliphatic rings. The molecule has 26 heavy (non-hydrogen) atoms. The van der Waals surface area contributed by atoms with Crippen molar-refractivity contribution in [3.63, 3.8) is 0 Å². The lowest BCUT2D eigenvalue weighted by Gasteiger charge is -2.13. The molecule has 0 bridgehead atoms. The van der Waals surface area contributed by atoms with Crippen molar-refractivity contribution in [2.45, 2.75) is 17.6 Å². The van der Waals surface area contributed by atoms with E-state index in [0.717, 1.165) is 10.6 Å². The largest absolute Gasteiger partial charge is 0.492 e. The number of amides is 1. The predicted octanol–water partition coefficient (Wildman–Crippen LogP) is 5.63. The maximum atomic E-state index is 12.8. The van der Waals surface area contributed by atoms with Gasteiger partial charge < -0.3 is 10.1 Å². The molecule has 132 valence electrons. The zero-order valence-corrected chi connectivity index (χ0v) is 15.5. The number of carbonyl (C=O) groups is 1. The van der Waals surface area contributed by atoms with Crippen molar-refractivity contribution in [3.8, 4) is 5.75 Å². The van der Waals surface area contributed by atoms with Gasteiger partial charge in [0.05, 0.1) is 17.9 Å². The van der Waals surface area contributed by atoms with Crippen LogP contribution >= 0.6 is 11.8 Å². The number of hydrogen-bond donors (Lipinski definition) is 1. The van der Waals surface area contributed by atoms with Crippen LogP contribution in [-0.2, 0) is 5.75 Å². The average molecular weight is 363 g/mol. The van der Waals surface area contributed by atoms with E-state index in [-0.39, 0.29) is 5.91 Å². The number of anilines is 1. The van der Waals surface area contributed by atoms with Gasteiger partial charge in [-0.05, 0) is 36.8 Å². The fourth-order valence-electron chi connectivity index (χ4n) is 2.56. The number of nitrogens with one attached hydrogen (secondary N) is 1. The summed E-state index contributed by atoms with van der Waals surface area (Å²) in [4.78, 5) is 13.8. The molecule has 0 saturated carbocycles. The second kappa shape index (κ2) is 9.11. The van der Waals surface area contributed by atoms with Crippen LogP contribution in [0.4, 0.5) is 5.69 Å². The minimum atomic E-state index is -0.131. The predicted molar refractivity (Wildman–Crippen MR) is 108 cm³/mol. The van der Waals surface area contributed by atoms with Gasteiger partial charge in [-0.25, -0.2) is 0 Å². The molecule has 0 saturated heterocycles. The van der Waals surface area contributed by atoms with Crippen molar-refractivity contribution >= 4 is 23.4 Å². The second-order valence-corrected chi connectivity index (χ2v) is 6.67.